The summed E-state index contributed by atoms with van der Waals surface area (Å²) in [5.74, 6) is 0.588. The lowest BCUT2D eigenvalue weighted by atomic mass is 10.1. The standard InChI is InChI=1S/C12H21N3O/c1-6-8(2)7-15(5)12(16)11-9(3)13-14-10(11)4/h8H,6-7H2,1-5H3,(H,13,14). The average Bonchev–Trinajstić information content (AvgIpc) is 2.57. The number of amides is 1. The number of nitrogens with zero attached hydrogens (tertiary/aromatic N) is 2. The maximum absolute atomic E-state index is 12.2. The molecule has 0 saturated carbocycles. The Balaban J connectivity index is 2.78. The Morgan fingerprint density at radius 2 is 2.12 bits per heavy atom. The summed E-state index contributed by atoms with van der Waals surface area (Å²) < 4.78 is 0. The zero-order chi connectivity index (χ0) is 12.3. The van der Waals surface area contributed by atoms with E-state index in [0.29, 0.717) is 11.5 Å². The predicted octanol–water partition coefficient (Wildman–Crippen LogP) is 2.14. The Labute approximate surface area is 97.0 Å². The molecule has 1 atom stereocenters. The second-order valence-corrected chi connectivity index (χ2v) is 4.51. The molecule has 0 fully saturated rings. The number of aromatic nitrogens is 2. The highest BCUT2D eigenvalue weighted by molar-refractivity contribution is 5.96. The van der Waals surface area contributed by atoms with Crippen molar-refractivity contribution in [2.45, 2.75) is 34.1 Å². The molecule has 1 N–H and O–H groups in total. The minimum Gasteiger partial charge on any atom is -0.341 e. The van der Waals surface area contributed by atoms with Crippen LogP contribution in [0.15, 0.2) is 0 Å². The third kappa shape index (κ3) is 2.62. The van der Waals surface area contributed by atoms with Gasteiger partial charge >= 0.3 is 0 Å². The van der Waals surface area contributed by atoms with Gasteiger partial charge in [0.05, 0.1) is 11.3 Å². The number of rotatable bonds is 4. The number of aryl methyl sites for hydroxylation is 2. The minimum absolute atomic E-state index is 0.0593. The molecule has 1 aromatic rings. The highest BCUT2D eigenvalue weighted by Crippen LogP contribution is 2.13. The number of H-pyrrole nitrogens is 1. The zero-order valence-electron chi connectivity index (χ0n) is 10.8. The van der Waals surface area contributed by atoms with Gasteiger partial charge in [0, 0.05) is 19.3 Å². The summed E-state index contributed by atoms with van der Waals surface area (Å²) in [7, 11) is 1.85. The van der Waals surface area contributed by atoms with Crippen molar-refractivity contribution >= 4 is 5.91 Å². The van der Waals surface area contributed by atoms with Crippen molar-refractivity contribution in [3.8, 4) is 0 Å². The molecule has 0 aromatic carbocycles. The third-order valence-corrected chi connectivity index (χ3v) is 2.97. The molecule has 1 unspecified atom stereocenters. The molecule has 0 aliphatic carbocycles. The van der Waals surface area contributed by atoms with E-state index in [0.717, 1.165) is 24.4 Å². The summed E-state index contributed by atoms with van der Waals surface area (Å²) in [4.78, 5) is 13.9. The van der Waals surface area contributed by atoms with Crippen LogP contribution in [-0.4, -0.2) is 34.6 Å². The summed E-state index contributed by atoms with van der Waals surface area (Å²) in [5.41, 5.74) is 2.34. The van der Waals surface area contributed by atoms with E-state index in [4.69, 9.17) is 0 Å². The molecule has 0 spiro atoms. The number of hydrogen-bond acceptors (Lipinski definition) is 2. The molecule has 90 valence electrons. The van der Waals surface area contributed by atoms with Crippen molar-refractivity contribution < 1.29 is 4.79 Å². The SMILES string of the molecule is CCC(C)CN(C)C(=O)c1c(C)n[nH]c1C. The first kappa shape index (κ1) is 12.7. The lowest BCUT2D eigenvalue weighted by Crippen LogP contribution is -2.31. The minimum atomic E-state index is 0.0593. The number of hydrogen-bond donors (Lipinski definition) is 1. The first-order chi connectivity index (χ1) is 7.47. The molecule has 1 amide bonds. The largest absolute Gasteiger partial charge is 0.341 e. The van der Waals surface area contributed by atoms with E-state index in [-0.39, 0.29) is 5.91 Å². The monoisotopic (exact) mass is 223 g/mol. The van der Waals surface area contributed by atoms with Gasteiger partial charge in [0.15, 0.2) is 0 Å². The van der Waals surface area contributed by atoms with Gasteiger partial charge in [-0.15, -0.1) is 0 Å². The Morgan fingerprint density at radius 3 is 2.56 bits per heavy atom. The summed E-state index contributed by atoms with van der Waals surface area (Å²) >= 11 is 0. The van der Waals surface area contributed by atoms with Crippen molar-refractivity contribution in [3.63, 3.8) is 0 Å². The van der Waals surface area contributed by atoms with Gasteiger partial charge in [-0.05, 0) is 19.8 Å². The van der Waals surface area contributed by atoms with E-state index in [1.165, 1.54) is 0 Å². The molecule has 0 radical (unpaired) electrons. The van der Waals surface area contributed by atoms with Crippen LogP contribution in [0, 0.1) is 19.8 Å². The fourth-order valence-electron chi connectivity index (χ4n) is 1.74. The quantitative estimate of drug-likeness (QED) is 0.850. The molecule has 1 rings (SSSR count). The Morgan fingerprint density at radius 1 is 1.50 bits per heavy atom. The summed E-state index contributed by atoms with van der Waals surface area (Å²) in [6.45, 7) is 8.81. The van der Waals surface area contributed by atoms with Crippen LogP contribution < -0.4 is 0 Å². The third-order valence-electron chi connectivity index (χ3n) is 2.97. The maximum atomic E-state index is 12.2. The van der Waals surface area contributed by atoms with Gasteiger partial charge in [-0.2, -0.15) is 5.10 Å². The number of aromatic amines is 1. The normalized spacial score (nSPS) is 12.6. The summed E-state index contributed by atoms with van der Waals surface area (Å²) in [5, 5.41) is 6.89. The average molecular weight is 223 g/mol. The van der Waals surface area contributed by atoms with Crippen LogP contribution in [0.2, 0.25) is 0 Å². The fraction of sp³-hybridized carbons (Fsp3) is 0.667. The molecule has 16 heavy (non-hydrogen) atoms. The second kappa shape index (κ2) is 5.14. The van der Waals surface area contributed by atoms with Gasteiger partial charge in [-0.1, -0.05) is 20.3 Å². The molecule has 1 aromatic heterocycles. The Kier molecular flexibility index (Phi) is 4.10. The smallest absolute Gasteiger partial charge is 0.257 e. The van der Waals surface area contributed by atoms with E-state index in [2.05, 4.69) is 24.0 Å². The van der Waals surface area contributed by atoms with E-state index >= 15 is 0 Å². The van der Waals surface area contributed by atoms with Gasteiger partial charge in [0.1, 0.15) is 0 Å². The van der Waals surface area contributed by atoms with Crippen LogP contribution in [-0.2, 0) is 0 Å². The molecule has 0 saturated heterocycles. The molecular weight excluding hydrogens is 202 g/mol. The predicted molar refractivity (Wildman–Crippen MR) is 64.5 cm³/mol. The second-order valence-electron chi connectivity index (χ2n) is 4.51. The van der Waals surface area contributed by atoms with Crippen LogP contribution in [0.1, 0.15) is 42.0 Å². The van der Waals surface area contributed by atoms with Crippen LogP contribution >= 0.6 is 0 Å². The van der Waals surface area contributed by atoms with Gasteiger partial charge in [-0.25, -0.2) is 0 Å². The lowest BCUT2D eigenvalue weighted by molar-refractivity contribution is 0.0773. The van der Waals surface area contributed by atoms with Crippen LogP contribution in [0.25, 0.3) is 0 Å². The molecule has 0 aliphatic rings. The fourth-order valence-corrected chi connectivity index (χ4v) is 1.74. The van der Waals surface area contributed by atoms with Crippen LogP contribution in [0.3, 0.4) is 0 Å². The molecule has 1 heterocycles. The van der Waals surface area contributed by atoms with E-state index in [9.17, 15) is 4.79 Å². The highest BCUT2D eigenvalue weighted by Gasteiger charge is 2.19. The number of carbonyl (C=O) groups excluding carboxylic acids is 1. The van der Waals surface area contributed by atoms with Gasteiger partial charge in [0.2, 0.25) is 0 Å². The van der Waals surface area contributed by atoms with Crippen LogP contribution in [0.4, 0.5) is 0 Å². The molecule has 0 aliphatic heterocycles. The zero-order valence-corrected chi connectivity index (χ0v) is 10.8. The van der Waals surface area contributed by atoms with E-state index < -0.39 is 0 Å². The lowest BCUT2D eigenvalue weighted by Gasteiger charge is -2.20. The number of nitrogens with one attached hydrogen (secondary N) is 1. The van der Waals surface area contributed by atoms with Gasteiger partial charge in [-0.3, -0.25) is 9.89 Å². The first-order valence-corrected chi connectivity index (χ1v) is 5.74. The molecule has 0 bridgehead atoms. The van der Waals surface area contributed by atoms with Crippen LogP contribution in [0.5, 0.6) is 0 Å². The van der Waals surface area contributed by atoms with E-state index in [1.807, 2.05) is 20.9 Å². The molecule has 4 heteroatoms. The van der Waals surface area contributed by atoms with Crippen molar-refractivity contribution in [2.75, 3.05) is 13.6 Å². The number of carbonyl (C=O) groups is 1. The van der Waals surface area contributed by atoms with Crippen molar-refractivity contribution in [2.24, 2.45) is 5.92 Å². The Hall–Kier alpha value is -1.32. The maximum Gasteiger partial charge on any atom is 0.257 e. The van der Waals surface area contributed by atoms with Crippen molar-refractivity contribution in [3.05, 3.63) is 17.0 Å². The molecular formula is C12H21N3O. The van der Waals surface area contributed by atoms with Gasteiger partial charge in [0.25, 0.3) is 5.91 Å². The van der Waals surface area contributed by atoms with E-state index in [1.54, 1.807) is 4.90 Å². The highest BCUT2D eigenvalue weighted by atomic mass is 16.2. The summed E-state index contributed by atoms with van der Waals surface area (Å²) in [6.07, 6.45) is 1.08. The molecule has 4 nitrogen and oxygen atoms in total. The van der Waals surface area contributed by atoms with Crippen molar-refractivity contribution in [1.82, 2.24) is 15.1 Å². The summed E-state index contributed by atoms with van der Waals surface area (Å²) in [6, 6.07) is 0. The topological polar surface area (TPSA) is 49.0 Å². The van der Waals surface area contributed by atoms with Gasteiger partial charge < -0.3 is 4.90 Å². The first-order valence-electron chi connectivity index (χ1n) is 5.74. The van der Waals surface area contributed by atoms with Crippen molar-refractivity contribution in [1.29, 1.82) is 0 Å². The Bertz CT molecular complexity index is 351.